The molecular weight excluding hydrogens is 378 g/mol. The lowest BCUT2D eigenvalue weighted by atomic mass is 9.90. The number of benzene rings is 1. The number of hydrogen-bond acceptors (Lipinski definition) is 5. The normalized spacial score (nSPS) is 21.4. The fourth-order valence-corrected chi connectivity index (χ4v) is 4.15. The van der Waals surface area contributed by atoms with E-state index >= 15 is 0 Å². The molecule has 0 spiro atoms. The Bertz CT molecular complexity index is 923. The van der Waals surface area contributed by atoms with Gasteiger partial charge in [0.25, 0.3) is 11.8 Å². The topological polar surface area (TPSA) is 124 Å². The summed E-state index contributed by atoms with van der Waals surface area (Å²) in [6.07, 6.45) is 2.85. The van der Waals surface area contributed by atoms with Crippen LogP contribution in [-0.2, 0) is 20.9 Å². The Hall–Kier alpha value is -3.23. The zero-order valence-electron chi connectivity index (χ0n) is 15.7. The fourth-order valence-electron chi connectivity index (χ4n) is 4.15. The summed E-state index contributed by atoms with van der Waals surface area (Å²) in [5.74, 6) is -2.74. The second kappa shape index (κ2) is 7.31. The molecule has 1 atom stereocenters. The van der Waals surface area contributed by atoms with Crippen molar-refractivity contribution in [1.82, 2.24) is 15.1 Å². The molecule has 1 saturated carbocycles. The van der Waals surface area contributed by atoms with Crippen LogP contribution < -0.4 is 5.32 Å². The number of nitrogens with zero attached hydrogens (tertiary/aromatic N) is 2. The van der Waals surface area contributed by atoms with Gasteiger partial charge >= 0.3 is 5.97 Å². The average Bonchev–Trinajstić information content (AvgIpc) is 2.95. The second-order valence-electron chi connectivity index (χ2n) is 7.64. The Morgan fingerprint density at radius 1 is 1.17 bits per heavy atom. The molecule has 0 bridgehead atoms. The third-order valence-electron chi connectivity index (χ3n) is 5.89. The van der Waals surface area contributed by atoms with Crippen molar-refractivity contribution in [2.24, 2.45) is 0 Å². The second-order valence-corrected chi connectivity index (χ2v) is 7.64. The minimum Gasteiger partial charge on any atom is -0.480 e. The van der Waals surface area contributed by atoms with Gasteiger partial charge in [0.2, 0.25) is 11.8 Å². The number of amides is 4. The minimum atomic E-state index is -1.08. The number of carboxylic acid groups (broad SMARTS) is 1. The van der Waals surface area contributed by atoms with Crippen molar-refractivity contribution in [3.8, 4) is 0 Å². The Kier molecular flexibility index (Phi) is 4.81. The van der Waals surface area contributed by atoms with E-state index in [1.54, 1.807) is 18.2 Å². The summed E-state index contributed by atoms with van der Waals surface area (Å²) in [7, 11) is 0. The molecule has 0 aromatic heterocycles. The van der Waals surface area contributed by atoms with E-state index in [1.165, 1.54) is 9.80 Å². The zero-order chi connectivity index (χ0) is 20.7. The Labute approximate surface area is 166 Å². The molecule has 29 heavy (non-hydrogen) atoms. The number of rotatable bonds is 5. The van der Waals surface area contributed by atoms with Gasteiger partial charge in [0.05, 0.1) is 0 Å². The van der Waals surface area contributed by atoms with Crippen LogP contribution in [0.5, 0.6) is 0 Å². The molecule has 2 fully saturated rings. The van der Waals surface area contributed by atoms with Crippen molar-refractivity contribution < 1.29 is 29.1 Å². The van der Waals surface area contributed by atoms with Gasteiger partial charge in [-0.1, -0.05) is 6.07 Å². The number of fused-ring (bicyclic) bond motifs is 1. The van der Waals surface area contributed by atoms with E-state index in [4.69, 9.17) is 0 Å². The number of carboxylic acids is 1. The number of carbonyl (C=O) groups is 5. The summed E-state index contributed by atoms with van der Waals surface area (Å²) >= 11 is 0. The molecule has 2 N–H and O–H groups in total. The molecule has 1 aromatic carbocycles. The van der Waals surface area contributed by atoms with Crippen LogP contribution in [0, 0.1) is 0 Å². The maximum atomic E-state index is 13.2. The smallest absolute Gasteiger partial charge is 0.323 e. The molecule has 1 aromatic rings. The molecule has 152 valence electrons. The van der Waals surface area contributed by atoms with Crippen LogP contribution >= 0.6 is 0 Å². The van der Waals surface area contributed by atoms with Crippen LogP contribution in [0.15, 0.2) is 18.2 Å². The first-order chi connectivity index (χ1) is 13.9. The number of piperidine rings is 1. The quantitative estimate of drug-likeness (QED) is 0.696. The van der Waals surface area contributed by atoms with E-state index in [2.05, 4.69) is 5.32 Å². The highest BCUT2D eigenvalue weighted by atomic mass is 16.4. The van der Waals surface area contributed by atoms with Crippen LogP contribution in [0.4, 0.5) is 0 Å². The molecule has 9 heteroatoms. The van der Waals surface area contributed by atoms with Gasteiger partial charge in [0.15, 0.2) is 0 Å². The first-order valence-electron chi connectivity index (χ1n) is 9.66. The Morgan fingerprint density at radius 3 is 2.55 bits per heavy atom. The highest BCUT2D eigenvalue weighted by molar-refractivity contribution is 6.08. The van der Waals surface area contributed by atoms with Crippen molar-refractivity contribution >= 4 is 29.6 Å². The standard InChI is InChI=1S/C20H21N3O6/c24-16-8-7-15(18(27)21-16)23-9-14-12(5-2-6-13(14)20(23)29)19(28)22(10-17(25)26)11-3-1-4-11/h2,5-6,11,15H,1,3-4,7-10H2,(H,25,26)(H,21,24,27). The fraction of sp³-hybridized carbons (Fsp3) is 0.450. The van der Waals surface area contributed by atoms with Gasteiger partial charge in [-0.15, -0.1) is 0 Å². The van der Waals surface area contributed by atoms with Crippen molar-refractivity contribution in [2.45, 2.75) is 50.7 Å². The predicted octanol–water partition coefficient (Wildman–Crippen LogP) is 0.527. The van der Waals surface area contributed by atoms with Gasteiger partial charge in [-0.2, -0.15) is 0 Å². The summed E-state index contributed by atoms with van der Waals surface area (Å²) in [5, 5.41) is 11.5. The van der Waals surface area contributed by atoms with Crippen LogP contribution in [-0.4, -0.2) is 63.1 Å². The van der Waals surface area contributed by atoms with Gasteiger partial charge in [0.1, 0.15) is 12.6 Å². The maximum Gasteiger partial charge on any atom is 0.323 e. The Balaban J connectivity index is 1.62. The number of nitrogens with one attached hydrogen (secondary N) is 1. The van der Waals surface area contributed by atoms with Crippen molar-refractivity contribution in [1.29, 1.82) is 0 Å². The molecule has 1 aliphatic carbocycles. The summed E-state index contributed by atoms with van der Waals surface area (Å²) < 4.78 is 0. The molecule has 1 unspecified atom stereocenters. The molecule has 4 rings (SSSR count). The van der Waals surface area contributed by atoms with E-state index in [0.29, 0.717) is 16.7 Å². The monoisotopic (exact) mass is 399 g/mol. The van der Waals surface area contributed by atoms with E-state index in [1.807, 2.05) is 0 Å². The maximum absolute atomic E-state index is 13.2. The molecule has 3 aliphatic rings. The predicted molar refractivity (Wildman–Crippen MR) is 98.8 cm³/mol. The van der Waals surface area contributed by atoms with E-state index < -0.39 is 30.4 Å². The highest BCUT2D eigenvalue weighted by Crippen LogP contribution is 2.32. The van der Waals surface area contributed by atoms with Crippen LogP contribution in [0.25, 0.3) is 0 Å². The number of hydrogen-bond donors (Lipinski definition) is 2. The van der Waals surface area contributed by atoms with Gasteiger partial charge in [-0.25, -0.2) is 0 Å². The first kappa shape index (κ1) is 19.1. The minimum absolute atomic E-state index is 0.0773. The lowest BCUT2D eigenvalue weighted by Crippen LogP contribution is -2.52. The number of carbonyl (C=O) groups excluding carboxylic acids is 4. The van der Waals surface area contributed by atoms with Crippen LogP contribution in [0.2, 0.25) is 0 Å². The van der Waals surface area contributed by atoms with E-state index in [-0.39, 0.29) is 37.2 Å². The zero-order valence-corrected chi connectivity index (χ0v) is 15.7. The Morgan fingerprint density at radius 2 is 1.93 bits per heavy atom. The molecule has 2 aliphatic heterocycles. The molecule has 2 heterocycles. The van der Waals surface area contributed by atoms with Gasteiger partial charge in [-0.05, 0) is 43.4 Å². The average molecular weight is 399 g/mol. The van der Waals surface area contributed by atoms with Crippen molar-refractivity contribution in [3.63, 3.8) is 0 Å². The summed E-state index contributed by atoms with van der Waals surface area (Å²) in [4.78, 5) is 63.7. The summed E-state index contributed by atoms with van der Waals surface area (Å²) in [5.41, 5.74) is 1.13. The summed E-state index contributed by atoms with van der Waals surface area (Å²) in [6.45, 7) is -0.314. The molecule has 9 nitrogen and oxygen atoms in total. The van der Waals surface area contributed by atoms with Gasteiger partial charge < -0.3 is 14.9 Å². The molecule has 4 amide bonds. The molecular formula is C20H21N3O6. The largest absolute Gasteiger partial charge is 0.480 e. The lowest BCUT2D eigenvalue weighted by molar-refractivity contribution is -0.139. The van der Waals surface area contributed by atoms with Crippen molar-refractivity contribution in [2.75, 3.05) is 6.54 Å². The van der Waals surface area contributed by atoms with E-state index in [9.17, 15) is 29.1 Å². The molecule has 0 radical (unpaired) electrons. The SMILES string of the molecule is O=C(O)CN(C(=O)c1cccc2c1CN(C1CCC(=O)NC1=O)C2=O)C1CCC1. The first-order valence-corrected chi connectivity index (χ1v) is 9.66. The van der Waals surface area contributed by atoms with Gasteiger partial charge in [0, 0.05) is 30.1 Å². The lowest BCUT2D eigenvalue weighted by Gasteiger charge is -2.37. The summed E-state index contributed by atoms with van der Waals surface area (Å²) in [6, 6.07) is 3.91. The van der Waals surface area contributed by atoms with Gasteiger partial charge in [-0.3, -0.25) is 29.3 Å². The highest BCUT2D eigenvalue weighted by Gasteiger charge is 2.41. The number of aliphatic carboxylic acids is 1. The third-order valence-corrected chi connectivity index (χ3v) is 5.89. The van der Waals surface area contributed by atoms with E-state index in [0.717, 1.165) is 19.3 Å². The molecule has 1 saturated heterocycles. The number of imide groups is 1. The van der Waals surface area contributed by atoms with Crippen LogP contribution in [0.3, 0.4) is 0 Å². The van der Waals surface area contributed by atoms with Crippen LogP contribution in [0.1, 0.15) is 58.4 Å². The third kappa shape index (κ3) is 3.37. The van der Waals surface area contributed by atoms with Crippen molar-refractivity contribution in [3.05, 3.63) is 34.9 Å².